The fourth-order valence-corrected chi connectivity index (χ4v) is 3.11. The molecule has 1 aliphatic carbocycles. The highest BCUT2D eigenvalue weighted by atomic mass is 16.2. The van der Waals surface area contributed by atoms with E-state index >= 15 is 0 Å². The lowest BCUT2D eigenvalue weighted by atomic mass is 9.87. The van der Waals surface area contributed by atoms with Gasteiger partial charge in [-0.2, -0.15) is 0 Å². The molecule has 0 saturated heterocycles. The molecule has 2 amide bonds. The average Bonchev–Trinajstić information content (AvgIpc) is 2.60. The van der Waals surface area contributed by atoms with Gasteiger partial charge in [-0.3, -0.25) is 14.6 Å². The van der Waals surface area contributed by atoms with Crippen molar-refractivity contribution in [2.24, 2.45) is 5.92 Å². The van der Waals surface area contributed by atoms with E-state index in [0.29, 0.717) is 12.3 Å². The summed E-state index contributed by atoms with van der Waals surface area (Å²) in [6.45, 7) is 2.04. The standard InChI is InChI=1S/C18H27N3O2/c1-14(16-8-10-19-11-9-16)21(2)18(23)13-20-17(22)12-15-6-4-3-5-7-15/h8-11,14-15H,3-7,12-13H2,1-2H3,(H,20,22)/t14-/m0/s1. The molecule has 1 fully saturated rings. The molecule has 2 rings (SSSR count). The molecule has 1 heterocycles. The van der Waals surface area contributed by atoms with Gasteiger partial charge in [-0.05, 0) is 43.4 Å². The summed E-state index contributed by atoms with van der Waals surface area (Å²) < 4.78 is 0. The summed E-state index contributed by atoms with van der Waals surface area (Å²) in [5.41, 5.74) is 1.03. The normalized spacial score (nSPS) is 16.6. The number of nitrogens with zero attached hydrogens (tertiary/aromatic N) is 2. The number of hydrogen-bond donors (Lipinski definition) is 1. The van der Waals surface area contributed by atoms with Crippen LogP contribution in [-0.2, 0) is 9.59 Å². The highest BCUT2D eigenvalue weighted by molar-refractivity contribution is 5.84. The number of aromatic nitrogens is 1. The molecule has 1 aromatic rings. The summed E-state index contributed by atoms with van der Waals surface area (Å²) in [4.78, 5) is 29.9. The van der Waals surface area contributed by atoms with Crippen molar-refractivity contribution in [1.29, 1.82) is 0 Å². The highest BCUT2D eigenvalue weighted by Gasteiger charge is 2.20. The Morgan fingerprint density at radius 1 is 1.26 bits per heavy atom. The minimum atomic E-state index is -0.0775. The van der Waals surface area contributed by atoms with Gasteiger partial charge in [0.25, 0.3) is 0 Å². The Kier molecular flexibility index (Phi) is 6.56. The Morgan fingerprint density at radius 2 is 1.91 bits per heavy atom. The molecule has 0 aliphatic heterocycles. The fourth-order valence-electron chi connectivity index (χ4n) is 3.11. The monoisotopic (exact) mass is 317 g/mol. The van der Waals surface area contributed by atoms with E-state index in [2.05, 4.69) is 10.3 Å². The lowest BCUT2D eigenvalue weighted by molar-refractivity contribution is -0.133. The average molecular weight is 317 g/mol. The lowest BCUT2D eigenvalue weighted by Gasteiger charge is -2.26. The molecule has 126 valence electrons. The number of rotatable bonds is 6. The van der Waals surface area contributed by atoms with Crippen LogP contribution >= 0.6 is 0 Å². The highest BCUT2D eigenvalue weighted by Crippen LogP contribution is 2.26. The van der Waals surface area contributed by atoms with Crippen molar-refractivity contribution in [2.75, 3.05) is 13.6 Å². The zero-order chi connectivity index (χ0) is 16.7. The summed E-state index contributed by atoms with van der Waals surface area (Å²) in [5.74, 6) is 0.411. The number of hydrogen-bond acceptors (Lipinski definition) is 3. The quantitative estimate of drug-likeness (QED) is 0.877. The van der Waals surface area contributed by atoms with E-state index in [0.717, 1.165) is 18.4 Å². The Labute approximate surface area is 138 Å². The van der Waals surface area contributed by atoms with E-state index in [4.69, 9.17) is 0 Å². The van der Waals surface area contributed by atoms with Gasteiger partial charge < -0.3 is 10.2 Å². The molecule has 5 heteroatoms. The first kappa shape index (κ1) is 17.4. The van der Waals surface area contributed by atoms with E-state index in [1.54, 1.807) is 24.3 Å². The third-order valence-corrected chi connectivity index (χ3v) is 4.80. The number of pyridine rings is 1. The minimum absolute atomic E-state index is 0.00443. The lowest BCUT2D eigenvalue weighted by Crippen LogP contribution is -2.39. The van der Waals surface area contributed by atoms with Gasteiger partial charge in [-0.15, -0.1) is 0 Å². The Morgan fingerprint density at radius 3 is 2.57 bits per heavy atom. The SMILES string of the molecule is C[C@@H](c1ccncc1)N(C)C(=O)CNC(=O)CC1CCCCC1. The van der Waals surface area contributed by atoms with E-state index in [-0.39, 0.29) is 24.4 Å². The Balaban J connectivity index is 1.76. The van der Waals surface area contributed by atoms with Crippen LogP contribution in [0.25, 0.3) is 0 Å². The van der Waals surface area contributed by atoms with Crippen LogP contribution in [0.4, 0.5) is 0 Å². The maximum absolute atomic E-state index is 12.3. The molecule has 23 heavy (non-hydrogen) atoms. The van der Waals surface area contributed by atoms with E-state index in [1.807, 2.05) is 19.1 Å². The zero-order valence-corrected chi connectivity index (χ0v) is 14.1. The molecule has 0 bridgehead atoms. The second-order valence-corrected chi connectivity index (χ2v) is 6.45. The second kappa shape index (κ2) is 8.65. The molecule has 1 N–H and O–H groups in total. The maximum Gasteiger partial charge on any atom is 0.242 e. The summed E-state index contributed by atoms with van der Waals surface area (Å²) >= 11 is 0. The number of likely N-dealkylation sites (N-methyl/N-ethyl adjacent to an activating group) is 1. The number of nitrogens with one attached hydrogen (secondary N) is 1. The second-order valence-electron chi connectivity index (χ2n) is 6.45. The third-order valence-electron chi connectivity index (χ3n) is 4.80. The van der Waals surface area contributed by atoms with Gasteiger partial charge >= 0.3 is 0 Å². The molecule has 0 spiro atoms. The molecule has 1 aliphatic rings. The first-order valence-electron chi connectivity index (χ1n) is 8.50. The molecule has 1 saturated carbocycles. The van der Waals surface area contributed by atoms with Crippen molar-refractivity contribution in [3.8, 4) is 0 Å². The summed E-state index contributed by atoms with van der Waals surface area (Å²) in [6.07, 6.45) is 10.0. The van der Waals surface area contributed by atoms with E-state index < -0.39 is 0 Å². The first-order valence-corrected chi connectivity index (χ1v) is 8.50. The smallest absolute Gasteiger partial charge is 0.242 e. The summed E-state index contributed by atoms with van der Waals surface area (Å²) in [7, 11) is 1.76. The number of amides is 2. The molecule has 1 atom stereocenters. The zero-order valence-electron chi connectivity index (χ0n) is 14.1. The predicted octanol–water partition coefficient (Wildman–Crippen LogP) is 2.69. The van der Waals surface area contributed by atoms with Gasteiger partial charge in [-0.25, -0.2) is 0 Å². The maximum atomic E-state index is 12.3. The number of carbonyl (C=O) groups is 2. The number of carbonyl (C=O) groups excluding carboxylic acids is 2. The van der Waals surface area contributed by atoms with Gasteiger partial charge in [0, 0.05) is 25.9 Å². The van der Waals surface area contributed by atoms with E-state index in [1.165, 1.54) is 19.3 Å². The molecular weight excluding hydrogens is 290 g/mol. The topological polar surface area (TPSA) is 62.3 Å². The Hall–Kier alpha value is -1.91. The molecule has 0 radical (unpaired) electrons. The van der Waals surface area contributed by atoms with Crippen LogP contribution in [0.1, 0.15) is 57.1 Å². The van der Waals surface area contributed by atoms with Gasteiger partial charge in [0.15, 0.2) is 0 Å². The largest absolute Gasteiger partial charge is 0.347 e. The van der Waals surface area contributed by atoms with Crippen molar-refractivity contribution in [2.45, 2.75) is 51.5 Å². The van der Waals surface area contributed by atoms with Crippen LogP contribution in [0.5, 0.6) is 0 Å². The van der Waals surface area contributed by atoms with Crippen LogP contribution in [-0.4, -0.2) is 35.3 Å². The first-order chi connectivity index (χ1) is 11.1. The van der Waals surface area contributed by atoms with Crippen molar-refractivity contribution in [1.82, 2.24) is 15.2 Å². The van der Waals surface area contributed by atoms with Crippen LogP contribution in [0.3, 0.4) is 0 Å². The fraction of sp³-hybridized carbons (Fsp3) is 0.611. The van der Waals surface area contributed by atoms with Gasteiger partial charge in [-0.1, -0.05) is 19.3 Å². The van der Waals surface area contributed by atoms with Crippen LogP contribution in [0.2, 0.25) is 0 Å². The van der Waals surface area contributed by atoms with E-state index in [9.17, 15) is 9.59 Å². The summed E-state index contributed by atoms with van der Waals surface area (Å²) in [5, 5.41) is 2.77. The predicted molar refractivity (Wildman–Crippen MR) is 89.6 cm³/mol. The summed E-state index contributed by atoms with van der Waals surface area (Å²) in [6, 6.07) is 3.76. The molecule has 1 aromatic heterocycles. The molecular formula is C18H27N3O2. The Bertz CT molecular complexity index is 512. The minimum Gasteiger partial charge on any atom is -0.347 e. The van der Waals surface area contributed by atoms with Gasteiger partial charge in [0.05, 0.1) is 12.6 Å². The molecule has 5 nitrogen and oxygen atoms in total. The van der Waals surface area contributed by atoms with Crippen molar-refractivity contribution in [3.05, 3.63) is 30.1 Å². The van der Waals surface area contributed by atoms with Crippen LogP contribution < -0.4 is 5.32 Å². The van der Waals surface area contributed by atoms with Crippen LogP contribution in [0.15, 0.2) is 24.5 Å². The molecule has 0 unspecified atom stereocenters. The van der Waals surface area contributed by atoms with Crippen molar-refractivity contribution < 1.29 is 9.59 Å². The molecule has 0 aromatic carbocycles. The van der Waals surface area contributed by atoms with Crippen molar-refractivity contribution >= 4 is 11.8 Å². The third kappa shape index (κ3) is 5.34. The van der Waals surface area contributed by atoms with Gasteiger partial charge in [0.1, 0.15) is 0 Å². The van der Waals surface area contributed by atoms with Gasteiger partial charge in [0.2, 0.25) is 11.8 Å². The van der Waals surface area contributed by atoms with Crippen molar-refractivity contribution in [3.63, 3.8) is 0 Å². The van der Waals surface area contributed by atoms with Crippen LogP contribution in [0, 0.1) is 5.92 Å².